The lowest BCUT2D eigenvalue weighted by Gasteiger charge is -1.88. The molecule has 0 amide bonds. The van der Waals surface area contributed by atoms with Gasteiger partial charge in [0, 0.05) is 10.9 Å². The largest absolute Gasteiger partial charge is 0.435 e. The number of aromatic nitrogens is 2. The number of oxazole rings is 1. The van der Waals surface area contributed by atoms with Crippen LogP contribution in [0.4, 0.5) is 0 Å². The second-order valence-corrected chi connectivity index (χ2v) is 4.76. The quantitative estimate of drug-likeness (QED) is 0.546. The van der Waals surface area contributed by atoms with Gasteiger partial charge in [0.1, 0.15) is 11.2 Å². The van der Waals surface area contributed by atoms with Gasteiger partial charge in [-0.15, -0.1) is 0 Å². The molecule has 0 fully saturated rings. The van der Waals surface area contributed by atoms with Crippen LogP contribution in [-0.2, 0) is 0 Å². The maximum atomic E-state index is 5.82. The van der Waals surface area contributed by atoms with Crippen molar-refractivity contribution in [3.8, 4) is 11.6 Å². The molecule has 0 aliphatic carbocycles. The highest BCUT2D eigenvalue weighted by Gasteiger charge is 2.10. The minimum atomic E-state index is 0.636. The molecule has 0 radical (unpaired) electrons. The van der Waals surface area contributed by atoms with Gasteiger partial charge in [-0.05, 0) is 36.8 Å². The van der Waals surface area contributed by atoms with E-state index in [0.29, 0.717) is 5.89 Å². The summed E-state index contributed by atoms with van der Waals surface area (Å²) in [6, 6.07) is 16.3. The average molecular weight is 248 g/mol. The number of benzene rings is 2. The summed E-state index contributed by atoms with van der Waals surface area (Å²) in [7, 11) is 0. The normalized spacial score (nSPS) is 11.4. The van der Waals surface area contributed by atoms with Crippen molar-refractivity contribution in [2.45, 2.75) is 6.92 Å². The average Bonchev–Trinajstić information content (AvgIpc) is 3.00. The van der Waals surface area contributed by atoms with Crippen molar-refractivity contribution >= 4 is 22.0 Å². The summed E-state index contributed by atoms with van der Waals surface area (Å²) in [5, 5.41) is 1.16. The van der Waals surface area contributed by atoms with Crippen LogP contribution in [0.5, 0.6) is 0 Å². The van der Waals surface area contributed by atoms with Crippen molar-refractivity contribution in [3.63, 3.8) is 0 Å². The molecule has 0 aliphatic heterocycles. The first-order valence-electron chi connectivity index (χ1n) is 6.25. The molecule has 0 unspecified atom stereocenters. The van der Waals surface area contributed by atoms with Gasteiger partial charge in [-0.2, -0.15) is 0 Å². The van der Waals surface area contributed by atoms with Crippen LogP contribution in [0, 0.1) is 6.92 Å². The highest BCUT2D eigenvalue weighted by Crippen LogP contribution is 2.27. The summed E-state index contributed by atoms with van der Waals surface area (Å²) in [5.41, 5.74) is 4.89. The number of para-hydroxylation sites is 1. The SMILES string of the molecule is Cc1ccc2nc(-c3cc4ccccc4[nH]3)oc2c1. The summed E-state index contributed by atoms with van der Waals surface area (Å²) in [5.74, 6) is 0.636. The molecule has 0 spiro atoms. The van der Waals surface area contributed by atoms with Crippen molar-refractivity contribution in [1.29, 1.82) is 0 Å². The van der Waals surface area contributed by atoms with Crippen LogP contribution in [0.2, 0.25) is 0 Å². The topological polar surface area (TPSA) is 41.8 Å². The number of nitrogens with zero attached hydrogens (tertiary/aromatic N) is 1. The molecular formula is C16H12N2O. The molecule has 2 heterocycles. The Balaban J connectivity index is 1.93. The Hall–Kier alpha value is -2.55. The molecule has 2 aromatic heterocycles. The first-order chi connectivity index (χ1) is 9.29. The molecule has 2 aromatic carbocycles. The third-order valence-corrected chi connectivity index (χ3v) is 3.30. The maximum absolute atomic E-state index is 5.82. The zero-order chi connectivity index (χ0) is 12.8. The Bertz CT molecular complexity index is 853. The zero-order valence-electron chi connectivity index (χ0n) is 10.5. The number of hydrogen-bond donors (Lipinski definition) is 1. The van der Waals surface area contributed by atoms with E-state index < -0.39 is 0 Å². The van der Waals surface area contributed by atoms with Crippen LogP contribution in [-0.4, -0.2) is 9.97 Å². The van der Waals surface area contributed by atoms with E-state index in [1.807, 2.05) is 43.3 Å². The second kappa shape index (κ2) is 3.72. The van der Waals surface area contributed by atoms with Crippen LogP contribution >= 0.6 is 0 Å². The third-order valence-electron chi connectivity index (χ3n) is 3.30. The van der Waals surface area contributed by atoms with Gasteiger partial charge in [0.25, 0.3) is 0 Å². The highest BCUT2D eigenvalue weighted by atomic mass is 16.3. The van der Waals surface area contributed by atoms with E-state index in [9.17, 15) is 0 Å². The molecule has 4 rings (SSSR count). The molecule has 0 saturated carbocycles. The minimum absolute atomic E-state index is 0.636. The van der Waals surface area contributed by atoms with Crippen LogP contribution < -0.4 is 0 Å². The van der Waals surface area contributed by atoms with Gasteiger partial charge in [-0.1, -0.05) is 24.3 Å². The fourth-order valence-electron chi connectivity index (χ4n) is 2.34. The van der Waals surface area contributed by atoms with Gasteiger partial charge >= 0.3 is 0 Å². The molecule has 0 saturated heterocycles. The van der Waals surface area contributed by atoms with Crippen molar-refractivity contribution in [2.24, 2.45) is 0 Å². The molecule has 92 valence electrons. The lowest BCUT2D eigenvalue weighted by Crippen LogP contribution is -1.75. The van der Waals surface area contributed by atoms with E-state index in [0.717, 1.165) is 27.7 Å². The summed E-state index contributed by atoms with van der Waals surface area (Å²) < 4.78 is 5.82. The fourth-order valence-corrected chi connectivity index (χ4v) is 2.34. The van der Waals surface area contributed by atoms with Crippen molar-refractivity contribution < 1.29 is 4.42 Å². The van der Waals surface area contributed by atoms with Gasteiger partial charge in [-0.25, -0.2) is 4.98 Å². The summed E-state index contributed by atoms with van der Waals surface area (Å²) in [6.45, 7) is 2.05. The maximum Gasteiger partial charge on any atom is 0.244 e. The highest BCUT2D eigenvalue weighted by molar-refractivity contribution is 5.85. The number of aryl methyl sites for hydroxylation is 1. The van der Waals surface area contributed by atoms with E-state index in [1.165, 1.54) is 5.56 Å². The minimum Gasteiger partial charge on any atom is -0.435 e. The number of fused-ring (bicyclic) bond motifs is 2. The van der Waals surface area contributed by atoms with Gasteiger partial charge in [0.05, 0.1) is 0 Å². The zero-order valence-corrected chi connectivity index (χ0v) is 10.5. The van der Waals surface area contributed by atoms with Gasteiger partial charge in [0.2, 0.25) is 5.89 Å². The first-order valence-corrected chi connectivity index (χ1v) is 6.25. The van der Waals surface area contributed by atoms with E-state index in [-0.39, 0.29) is 0 Å². The Morgan fingerprint density at radius 1 is 1.05 bits per heavy atom. The predicted molar refractivity (Wildman–Crippen MR) is 76.0 cm³/mol. The number of rotatable bonds is 1. The van der Waals surface area contributed by atoms with Gasteiger partial charge < -0.3 is 9.40 Å². The van der Waals surface area contributed by atoms with Crippen LogP contribution in [0.1, 0.15) is 5.56 Å². The molecular weight excluding hydrogens is 236 g/mol. The molecule has 3 nitrogen and oxygen atoms in total. The lowest BCUT2D eigenvalue weighted by atomic mass is 10.2. The van der Waals surface area contributed by atoms with Crippen LogP contribution in [0.3, 0.4) is 0 Å². The van der Waals surface area contributed by atoms with Gasteiger partial charge in [-0.3, -0.25) is 0 Å². The Morgan fingerprint density at radius 2 is 1.95 bits per heavy atom. The molecule has 0 atom stereocenters. The third kappa shape index (κ3) is 1.63. The predicted octanol–water partition coefficient (Wildman–Crippen LogP) is 4.28. The van der Waals surface area contributed by atoms with E-state index in [1.54, 1.807) is 0 Å². The number of hydrogen-bond acceptors (Lipinski definition) is 2. The Labute approximate surface area is 109 Å². The fraction of sp³-hybridized carbons (Fsp3) is 0.0625. The Morgan fingerprint density at radius 3 is 2.84 bits per heavy atom. The molecule has 19 heavy (non-hydrogen) atoms. The molecule has 3 heteroatoms. The first kappa shape index (κ1) is 10.4. The lowest BCUT2D eigenvalue weighted by molar-refractivity contribution is 0.617. The summed E-state index contributed by atoms with van der Waals surface area (Å²) >= 11 is 0. The molecule has 1 N–H and O–H groups in total. The van der Waals surface area contributed by atoms with Crippen LogP contribution in [0.25, 0.3) is 33.6 Å². The van der Waals surface area contributed by atoms with E-state index >= 15 is 0 Å². The number of H-pyrrole nitrogens is 1. The molecule has 0 aliphatic rings. The molecule has 4 aromatic rings. The number of aromatic amines is 1. The van der Waals surface area contributed by atoms with Crippen molar-refractivity contribution in [1.82, 2.24) is 9.97 Å². The number of nitrogens with one attached hydrogen (secondary N) is 1. The summed E-state index contributed by atoms with van der Waals surface area (Å²) in [4.78, 5) is 7.85. The second-order valence-electron chi connectivity index (χ2n) is 4.76. The van der Waals surface area contributed by atoms with Gasteiger partial charge in [0.15, 0.2) is 5.58 Å². The molecule has 0 bridgehead atoms. The van der Waals surface area contributed by atoms with E-state index in [2.05, 4.69) is 22.1 Å². The van der Waals surface area contributed by atoms with Crippen molar-refractivity contribution in [3.05, 3.63) is 54.1 Å². The monoisotopic (exact) mass is 248 g/mol. The Kier molecular flexibility index (Phi) is 2.03. The van der Waals surface area contributed by atoms with Crippen molar-refractivity contribution in [2.75, 3.05) is 0 Å². The smallest absolute Gasteiger partial charge is 0.244 e. The summed E-state index contributed by atoms with van der Waals surface area (Å²) in [6.07, 6.45) is 0. The standard InChI is InChI=1S/C16H12N2O/c1-10-6-7-13-15(8-10)19-16(18-13)14-9-11-4-2-3-5-12(11)17-14/h2-9,17H,1H3. The van der Waals surface area contributed by atoms with Crippen LogP contribution in [0.15, 0.2) is 52.9 Å². The van der Waals surface area contributed by atoms with E-state index in [4.69, 9.17) is 4.42 Å².